The van der Waals surface area contributed by atoms with E-state index in [9.17, 15) is 18.0 Å². The van der Waals surface area contributed by atoms with Gasteiger partial charge in [0.15, 0.2) is 17.3 Å². The molecule has 0 bridgehead atoms. The number of hydrogen-bond acceptors (Lipinski definition) is 5. The summed E-state index contributed by atoms with van der Waals surface area (Å²) in [5.41, 5.74) is 5.96. The van der Waals surface area contributed by atoms with Crippen LogP contribution < -0.4 is 15.2 Å². The third-order valence-corrected chi connectivity index (χ3v) is 7.33. The number of primary amides is 1. The van der Waals surface area contributed by atoms with Crippen LogP contribution in [0.25, 0.3) is 10.4 Å². The number of methoxy groups -OCH3 is 2. The standard InChI is InChI=1S/C15H22FNO2.C12H8ClF2NOS/c1-18-14-11-12(10-13(16)15(14)19-2)6-5-9-17-7-3-4-8-17;13-10-6-5-9(18-10)7-1-3-8(4-2-7)12(14,15)11(16)17/h10-11H,3-9H2,1-2H3;1-6H,(H2,16,17). The number of alkyl halides is 2. The van der Waals surface area contributed by atoms with E-state index in [1.54, 1.807) is 18.2 Å². The number of amides is 1. The average molecular weight is 555 g/mol. The number of nitrogens with two attached hydrogens (primary N) is 1. The molecule has 1 saturated heterocycles. The van der Waals surface area contributed by atoms with Gasteiger partial charge in [-0.1, -0.05) is 35.9 Å². The SMILES string of the molecule is COc1cc(CCCN2CCCC2)cc(F)c1OC.NC(=O)C(F)(F)c1ccc(-c2ccc(Cl)s2)cc1. The predicted molar refractivity (Wildman–Crippen MR) is 141 cm³/mol. The molecule has 2 N–H and O–H groups in total. The fourth-order valence-corrected chi connectivity index (χ4v) is 5.13. The zero-order chi connectivity index (χ0) is 27.0. The van der Waals surface area contributed by atoms with Crippen molar-refractivity contribution in [1.29, 1.82) is 0 Å². The summed E-state index contributed by atoms with van der Waals surface area (Å²) >= 11 is 7.14. The molecule has 200 valence electrons. The van der Waals surface area contributed by atoms with E-state index in [1.165, 1.54) is 75.8 Å². The summed E-state index contributed by atoms with van der Waals surface area (Å²) in [6.07, 6.45) is 4.54. The number of aryl methyl sites for hydroxylation is 1. The Balaban J connectivity index is 0.000000206. The largest absolute Gasteiger partial charge is 0.493 e. The quantitative estimate of drug-likeness (QED) is 0.327. The van der Waals surface area contributed by atoms with E-state index in [0.29, 0.717) is 10.1 Å². The van der Waals surface area contributed by atoms with Crippen molar-refractivity contribution in [2.75, 3.05) is 33.9 Å². The number of carbonyl (C=O) groups excluding carboxylic acids is 1. The van der Waals surface area contributed by atoms with Crippen molar-refractivity contribution in [3.05, 3.63) is 69.8 Å². The van der Waals surface area contributed by atoms with Gasteiger partial charge in [0.05, 0.1) is 18.6 Å². The predicted octanol–water partition coefficient (Wildman–Crippen LogP) is 6.52. The Morgan fingerprint density at radius 1 is 1.08 bits per heavy atom. The Hall–Kier alpha value is -2.75. The van der Waals surface area contributed by atoms with Crippen LogP contribution >= 0.6 is 22.9 Å². The molecule has 3 aromatic rings. The van der Waals surface area contributed by atoms with E-state index in [4.69, 9.17) is 21.1 Å². The van der Waals surface area contributed by atoms with Crippen molar-refractivity contribution in [2.24, 2.45) is 5.73 Å². The van der Waals surface area contributed by atoms with Gasteiger partial charge in [0.25, 0.3) is 5.91 Å². The number of rotatable bonds is 9. The lowest BCUT2D eigenvalue weighted by atomic mass is 10.1. The molecular weight excluding hydrogens is 525 g/mol. The van der Waals surface area contributed by atoms with Gasteiger partial charge in [0, 0.05) is 10.4 Å². The molecule has 0 atom stereocenters. The van der Waals surface area contributed by atoms with E-state index in [2.05, 4.69) is 10.6 Å². The summed E-state index contributed by atoms with van der Waals surface area (Å²) in [6, 6.07) is 12.3. The highest BCUT2D eigenvalue weighted by atomic mass is 35.5. The van der Waals surface area contributed by atoms with Crippen LogP contribution in [0.4, 0.5) is 13.2 Å². The monoisotopic (exact) mass is 554 g/mol. The van der Waals surface area contributed by atoms with E-state index in [0.717, 1.165) is 35.4 Å². The molecule has 1 amide bonds. The number of ether oxygens (including phenoxy) is 2. The highest BCUT2D eigenvalue weighted by Gasteiger charge is 2.38. The maximum Gasteiger partial charge on any atom is 0.349 e. The number of benzene rings is 2. The van der Waals surface area contributed by atoms with Gasteiger partial charge < -0.3 is 20.1 Å². The topological polar surface area (TPSA) is 64.8 Å². The third-order valence-electron chi connectivity index (χ3n) is 6.05. The molecular formula is C27H30ClF3N2O3S. The Labute approximate surface area is 223 Å². The molecule has 2 heterocycles. The third kappa shape index (κ3) is 7.63. The molecule has 1 fully saturated rings. The second kappa shape index (κ2) is 13.2. The van der Waals surface area contributed by atoms with Crippen molar-refractivity contribution in [1.82, 2.24) is 4.90 Å². The van der Waals surface area contributed by atoms with Gasteiger partial charge >= 0.3 is 5.92 Å². The normalized spacial score (nSPS) is 13.7. The lowest BCUT2D eigenvalue weighted by molar-refractivity contribution is -0.143. The summed E-state index contributed by atoms with van der Waals surface area (Å²) in [5.74, 6) is -5.00. The van der Waals surface area contributed by atoms with E-state index < -0.39 is 17.4 Å². The van der Waals surface area contributed by atoms with Crippen molar-refractivity contribution in [3.8, 4) is 21.9 Å². The smallest absolute Gasteiger partial charge is 0.349 e. The Bertz CT molecular complexity index is 1180. The first kappa shape index (κ1) is 28.8. The molecule has 37 heavy (non-hydrogen) atoms. The summed E-state index contributed by atoms with van der Waals surface area (Å²) in [4.78, 5) is 14.0. The maximum absolute atomic E-state index is 13.8. The summed E-state index contributed by atoms with van der Waals surface area (Å²) < 4.78 is 51.2. The van der Waals surface area contributed by atoms with Gasteiger partial charge in [-0.25, -0.2) is 4.39 Å². The Morgan fingerprint density at radius 2 is 1.76 bits per heavy atom. The van der Waals surface area contributed by atoms with Crippen LogP contribution in [-0.2, 0) is 17.1 Å². The lowest BCUT2D eigenvalue weighted by Crippen LogP contribution is -2.32. The van der Waals surface area contributed by atoms with Gasteiger partial charge in [-0.3, -0.25) is 4.79 Å². The molecule has 0 aliphatic carbocycles. The molecule has 0 spiro atoms. The minimum absolute atomic E-state index is 0.186. The fourth-order valence-electron chi connectivity index (χ4n) is 4.08. The van der Waals surface area contributed by atoms with Crippen LogP contribution in [-0.4, -0.2) is 44.7 Å². The maximum atomic E-state index is 13.8. The number of nitrogens with zero attached hydrogens (tertiary/aromatic N) is 1. The van der Waals surface area contributed by atoms with Gasteiger partial charge in [0.1, 0.15) is 0 Å². The number of hydrogen-bond donors (Lipinski definition) is 1. The van der Waals surface area contributed by atoms with E-state index in [-0.39, 0.29) is 11.6 Å². The molecule has 5 nitrogen and oxygen atoms in total. The molecule has 0 radical (unpaired) electrons. The summed E-state index contributed by atoms with van der Waals surface area (Å²) in [7, 11) is 2.99. The van der Waals surface area contributed by atoms with Gasteiger partial charge in [0.2, 0.25) is 0 Å². The molecule has 4 rings (SSSR count). The minimum atomic E-state index is -3.65. The van der Waals surface area contributed by atoms with Crippen molar-refractivity contribution in [2.45, 2.75) is 31.6 Å². The van der Waals surface area contributed by atoms with Gasteiger partial charge in [-0.05, 0) is 80.7 Å². The van der Waals surface area contributed by atoms with Crippen molar-refractivity contribution >= 4 is 28.8 Å². The molecule has 1 aliphatic rings. The van der Waals surface area contributed by atoms with Crippen LogP contribution in [0.15, 0.2) is 48.5 Å². The van der Waals surface area contributed by atoms with Crippen molar-refractivity contribution < 1.29 is 27.4 Å². The van der Waals surface area contributed by atoms with Crippen LogP contribution in [0.3, 0.4) is 0 Å². The van der Waals surface area contributed by atoms with E-state index >= 15 is 0 Å². The number of carbonyl (C=O) groups is 1. The first-order chi connectivity index (χ1) is 17.6. The Morgan fingerprint density at radius 3 is 2.30 bits per heavy atom. The molecule has 0 saturated carbocycles. The minimum Gasteiger partial charge on any atom is -0.493 e. The van der Waals surface area contributed by atoms with Crippen LogP contribution in [0, 0.1) is 5.82 Å². The molecule has 1 aromatic heterocycles. The number of thiophene rings is 1. The lowest BCUT2D eigenvalue weighted by Gasteiger charge is -2.15. The highest BCUT2D eigenvalue weighted by Crippen LogP contribution is 2.34. The van der Waals surface area contributed by atoms with Crippen LogP contribution in [0.5, 0.6) is 11.5 Å². The molecule has 1 aliphatic heterocycles. The summed E-state index contributed by atoms with van der Waals surface area (Å²) in [6.45, 7) is 3.51. The van der Waals surface area contributed by atoms with E-state index in [1.807, 2.05) is 6.07 Å². The van der Waals surface area contributed by atoms with Gasteiger partial charge in [-0.2, -0.15) is 8.78 Å². The highest BCUT2D eigenvalue weighted by molar-refractivity contribution is 7.19. The average Bonchev–Trinajstić information content (AvgIpc) is 3.56. The second-order valence-corrected chi connectivity index (χ2v) is 10.3. The van der Waals surface area contributed by atoms with Crippen LogP contribution in [0.2, 0.25) is 4.34 Å². The Kier molecular flexibility index (Phi) is 10.3. The molecule has 0 unspecified atom stereocenters. The fraction of sp³-hybridized carbons (Fsp3) is 0.370. The first-order valence-corrected chi connectivity index (χ1v) is 13.0. The first-order valence-electron chi connectivity index (χ1n) is 11.8. The summed E-state index contributed by atoms with van der Waals surface area (Å²) in [5, 5.41) is 0. The number of halogens is 4. The zero-order valence-corrected chi connectivity index (χ0v) is 22.3. The molecule has 2 aromatic carbocycles. The van der Waals surface area contributed by atoms with Gasteiger partial charge in [-0.15, -0.1) is 11.3 Å². The van der Waals surface area contributed by atoms with Crippen LogP contribution in [0.1, 0.15) is 30.4 Å². The van der Waals surface area contributed by atoms with Crippen molar-refractivity contribution in [3.63, 3.8) is 0 Å². The number of likely N-dealkylation sites (tertiary alicyclic amines) is 1. The second-order valence-electron chi connectivity index (χ2n) is 8.59. The zero-order valence-electron chi connectivity index (χ0n) is 20.7. The molecule has 10 heteroatoms.